The summed E-state index contributed by atoms with van der Waals surface area (Å²) in [5.74, 6) is 0.143. The Morgan fingerprint density at radius 1 is 1.10 bits per heavy atom. The first-order valence-electron chi connectivity index (χ1n) is 10.1. The summed E-state index contributed by atoms with van der Waals surface area (Å²) in [7, 11) is 1.35. The molecule has 0 amide bonds. The summed E-state index contributed by atoms with van der Waals surface area (Å²) in [5, 5.41) is 0.712. The number of carbonyl (C=O) groups excluding carboxylic acids is 2. The van der Waals surface area contributed by atoms with Gasteiger partial charge < -0.3 is 4.74 Å². The lowest BCUT2D eigenvalue weighted by atomic mass is 9.99. The number of benzene rings is 2. The van der Waals surface area contributed by atoms with Crippen molar-refractivity contribution in [2.45, 2.75) is 26.3 Å². The number of piperidine rings is 1. The van der Waals surface area contributed by atoms with E-state index in [0.29, 0.717) is 22.0 Å². The van der Waals surface area contributed by atoms with Gasteiger partial charge in [-0.1, -0.05) is 37.3 Å². The van der Waals surface area contributed by atoms with Crippen molar-refractivity contribution in [3.05, 3.63) is 71.4 Å². The summed E-state index contributed by atoms with van der Waals surface area (Å²) in [6, 6.07) is 15.2. The summed E-state index contributed by atoms with van der Waals surface area (Å²) in [4.78, 5) is 27.7. The molecule has 1 aliphatic heterocycles. The standard InChI is InChI=1S/C24H26N2O3/c1-17-6-5-13-25(14-17)15-18-9-11-19(12-10-18)23(27)26-16-21(24(28)29-2)20-7-3-4-8-22(20)26/h3-4,7-12,16-17H,5-6,13-15H2,1-2H3/t17-/m0/s1. The smallest absolute Gasteiger partial charge is 0.340 e. The predicted octanol–water partition coefficient (Wildman–Crippen LogP) is 4.35. The third-order valence-electron chi connectivity index (χ3n) is 5.68. The lowest BCUT2D eigenvalue weighted by Crippen LogP contribution is -2.33. The van der Waals surface area contributed by atoms with Crippen LogP contribution in [0.4, 0.5) is 0 Å². The average molecular weight is 390 g/mol. The number of hydrogen-bond donors (Lipinski definition) is 0. The zero-order valence-electron chi connectivity index (χ0n) is 16.9. The van der Waals surface area contributed by atoms with E-state index in [4.69, 9.17) is 4.74 Å². The van der Waals surface area contributed by atoms with Crippen LogP contribution in [0.2, 0.25) is 0 Å². The Labute approximate surface area is 170 Å². The molecule has 5 nitrogen and oxygen atoms in total. The maximum absolute atomic E-state index is 13.1. The van der Waals surface area contributed by atoms with Gasteiger partial charge in [-0.2, -0.15) is 0 Å². The summed E-state index contributed by atoms with van der Waals surface area (Å²) in [6.45, 7) is 5.48. The number of ether oxygens (including phenoxy) is 1. The molecule has 1 atom stereocenters. The van der Waals surface area contributed by atoms with Crippen LogP contribution < -0.4 is 0 Å². The van der Waals surface area contributed by atoms with E-state index in [0.717, 1.165) is 25.6 Å². The largest absolute Gasteiger partial charge is 0.465 e. The molecule has 2 heterocycles. The molecule has 0 spiro atoms. The minimum Gasteiger partial charge on any atom is -0.465 e. The van der Waals surface area contributed by atoms with E-state index in [1.165, 1.54) is 30.1 Å². The second-order valence-corrected chi connectivity index (χ2v) is 7.91. The van der Waals surface area contributed by atoms with E-state index in [2.05, 4.69) is 11.8 Å². The molecule has 0 radical (unpaired) electrons. The fourth-order valence-corrected chi connectivity index (χ4v) is 4.20. The van der Waals surface area contributed by atoms with E-state index in [9.17, 15) is 9.59 Å². The maximum Gasteiger partial charge on any atom is 0.340 e. The average Bonchev–Trinajstić information content (AvgIpc) is 3.13. The number of methoxy groups -OCH3 is 1. The highest BCUT2D eigenvalue weighted by Gasteiger charge is 2.20. The number of hydrogen-bond acceptors (Lipinski definition) is 4. The molecule has 0 aliphatic carbocycles. The van der Waals surface area contributed by atoms with Crippen LogP contribution in [0.15, 0.2) is 54.7 Å². The van der Waals surface area contributed by atoms with Gasteiger partial charge in [-0.05, 0) is 49.1 Å². The van der Waals surface area contributed by atoms with Gasteiger partial charge in [-0.25, -0.2) is 4.79 Å². The number of aromatic nitrogens is 1. The molecule has 29 heavy (non-hydrogen) atoms. The van der Waals surface area contributed by atoms with E-state index in [1.807, 2.05) is 48.5 Å². The minimum absolute atomic E-state index is 0.158. The molecule has 4 rings (SSSR count). The molecule has 0 unspecified atom stereocenters. The van der Waals surface area contributed by atoms with E-state index in [-0.39, 0.29) is 5.91 Å². The SMILES string of the molecule is COC(=O)c1cn(C(=O)c2ccc(CN3CCC[C@H](C)C3)cc2)c2ccccc12. The van der Waals surface area contributed by atoms with Crippen LogP contribution >= 0.6 is 0 Å². The quantitative estimate of drug-likeness (QED) is 0.622. The molecule has 1 aromatic heterocycles. The van der Waals surface area contributed by atoms with Crippen molar-refractivity contribution in [3.8, 4) is 0 Å². The first-order valence-corrected chi connectivity index (χ1v) is 10.1. The number of para-hydroxylation sites is 1. The van der Waals surface area contributed by atoms with Gasteiger partial charge in [-0.3, -0.25) is 14.3 Å². The Morgan fingerprint density at radius 3 is 2.59 bits per heavy atom. The normalized spacial score (nSPS) is 17.4. The molecule has 0 bridgehead atoms. The van der Waals surface area contributed by atoms with Gasteiger partial charge in [0.05, 0.1) is 18.2 Å². The predicted molar refractivity (Wildman–Crippen MR) is 113 cm³/mol. The van der Waals surface area contributed by atoms with Gasteiger partial charge in [0.15, 0.2) is 0 Å². The second-order valence-electron chi connectivity index (χ2n) is 7.91. The van der Waals surface area contributed by atoms with Crippen LogP contribution in [-0.4, -0.2) is 41.5 Å². The molecule has 2 aromatic carbocycles. The Kier molecular flexibility index (Phi) is 5.49. The van der Waals surface area contributed by atoms with Crippen molar-refractivity contribution >= 4 is 22.8 Å². The summed E-state index contributed by atoms with van der Waals surface area (Å²) >= 11 is 0. The van der Waals surface area contributed by atoms with Crippen LogP contribution in [0.25, 0.3) is 10.9 Å². The minimum atomic E-state index is -0.446. The zero-order chi connectivity index (χ0) is 20.4. The van der Waals surface area contributed by atoms with Crippen LogP contribution in [0.1, 0.15) is 46.0 Å². The van der Waals surface area contributed by atoms with Gasteiger partial charge in [0, 0.05) is 30.2 Å². The first-order chi connectivity index (χ1) is 14.1. The van der Waals surface area contributed by atoms with E-state index >= 15 is 0 Å². The topological polar surface area (TPSA) is 51.5 Å². The van der Waals surface area contributed by atoms with E-state index in [1.54, 1.807) is 6.20 Å². The number of carbonyl (C=O) groups is 2. The van der Waals surface area contributed by atoms with Gasteiger partial charge in [-0.15, -0.1) is 0 Å². The van der Waals surface area contributed by atoms with Crippen LogP contribution in [0.3, 0.4) is 0 Å². The molecule has 3 aromatic rings. The first kappa shape index (κ1) is 19.4. The Bertz CT molecular complexity index is 1040. The van der Waals surface area contributed by atoms with Gasteiger partial charge in [0.1, 0.15) is 0 Å². The van der Waals surface area contributed by atoms with Crippen molar-refractivity contribution < 1.29 is 14.3 Å². The second kappa shape index (κ2) is 8.21. The number of nitrogens with zero attached hydrogens (tertiary/aromatic N) is 2. The zero-order valence-corrected chi connectivity index (χ0v) is 16.9. The van der Waals surface area contributed by atoms with Crippen LogP contribution in [-0.2, 0) is 11.3 Å². The number of rotatable bonds is 4. The van der Waals surface area contributed by atoms with Crippen molar-refractivity contribution in [1.82, 2.24) is 9.47 Å². The van der Waals surface area contributed by atoms with Crippen molar-refractivity contribution in [1.29, 1.82) is 0 Å². The monoisotopic (exact) mass is 390 g/mol. The molecule has 5 heteroatoms. The van der Waals surface area contributed by atoms with Crippen LogP contribution in [0, 0.1) is 5.92 Å². The number of fused-ring (bicyclic) bond motifs is 1. The molecule has 150 valence electrons. The summed E-state index contributed by atoms with van der Waals surface area (Å²) < 4.78 is 6.40. The molecular weight excluding hydrogens is 364 g/mol. The molecule has 0 N–H and O–H groups in total. The highest BCUT2D eigenvalue weighted by Crippen LogP contribution is 2.24. The fraction of sp³-hybridized carbons (Fsp3) is 0.333. The van der Waals surface area contributed by atoms with Crippen molar-refractivity contribution in [2.24, 2.45) is 5.92 Å². The Hall–Kier alpha value is -2.92. The third kappa shape index (κ3) is 3.96. The summed E-state index contributed by atoms with van der Waals surface area (Å²) in [6.07, 6.45) is 4.13. The van der Waals surface area contributed by atoms with E-state index < -0.39 is 5.97 Å². The number of likely N-dealkylation sites (tertiary alicyclic amines) is 1. The highest BCUT2D eigenvalue weighted by atomic mass is 16.5. The third-order valence-corrected chi connectivity index (χ3v) is 5.68. The summed E-state index contributed by atoms with van der Waals surface area (Å²) in [5.41, 5.74) is 2.90. The van der Waals surface area contributed by atoms with Gasteiger partial charge in [0.25, 0.3) is 5.91 Å². The van der Waals surface area contributed by atoms with Crippen molar-refractivity contribution in [2.75, 3.05) is 20.2 Å². The van der Waals surface area contributed by atoms with Crippen LogP contribution in [0.5, 0.6) is 0 Å². The molecule has 1 saturated heterocycles. The molecule has 1 aliphatic rings. The maximum atomic E-state index is 13.1. The van der Waals surface area contributed by atoms with Gasteiger partial charge >= 0.3 is 5.97 Å². The lowest BCUT2D eigenvalue weighted by molar-refractivity contribution is 0.0603. The Balaban J connectivity index is 1.58. The number of esters is 1. The van der Waals surface area contributed by atoms with Crippen molar-refractivity contribution in [3.63, 3.8) is 0 Å². The molecule has 0 saturated carbocycles. The highest BCUT2D eigenvalue weighted by molar-refractivity contribution is 6.09. The fourth-order valence-electron chi connectivity index (χ4n) is 4.20. The molecular formula is C24H26N2O3. The molecule has 1 fully saturated rings. The lowest BCUT2D eigenvalue weighted by Gasteiger charge is -2.30. The van der Waals surface area contributed by atoms with Gasteiger partial charge in [0.2, 0.25) is 0 Å². The Morgan fingerprint density at radius 2 is 1.86 bits per heavy atom.